The molecule has 0 aliphatic heterocycles. The van der Waals surface area contributed by atoms with Crippen molar-refractivity contribution in [1.82, 2.24) is 0 Å². The zero-order valence-electron chi connectivity index (χ0n) is 11.9. The smallest absolute Gasteiger partial charge is 0.238 e. The Kier molecular flexibility index (Phi) is 4.62. The standard InChI is InChI=1S/C15H19N3O2S/c1-18(11-13-5-3-2-4-12(13)10-16)14-6-8-15(9-7-14)21(17,19)20/h2-9H,10-11,16H2,1H3,(H2,17,19,20). The predicted octanol–water partition coefficient (Wildman–Crippen LogP) is 1.43. The molecule has 2 aromatic rings. The number of sulfonamides is 1. The molecule has 0 atom stereocenters. The Morgan fingerprint density at radius 1 is 1.00 bits per heavy atom. The molecule has 6 heteroatoms. The van der Waals surface area contributed by atoms with Gasteiger partial charge in [-0.25, -0.2) is 13.6 Å². The van der Waals surface area contributed by atoms with Gasteiger partial charge in [-0.3, -0.25) is 0 Å². The van der Waals surface area contributed by atoms with Crippen molar-refractivity contribution < 1.29 is 8.42 Å². The minimum absolute atomic E-state index is 0.113. The van der Waals surface area contributed by atoms with Crippen LogP contribution < -0.4 is 15.8 Å². The number of hydrogen-bond acceptors (Lipinski definition) is 4. The molecule has 5 nitrogen and oxygen atoms in total. The summed E-state index contributed by atoms with van der Waals surface area (Å²) in [6.07, 6.45) is 0. The largest absolute Gasteiger partial charge is 0.370 e. The molecule has 0 bridgehead atoms. The molecule has 0 amide bonds. The molecule has 0 radical (unpaired) electrons. The van der Waals surface area contributed by atoms with Gasteiger partial charge in [0.25, 0.3) is 0 Å². The van der Waals surface area contributed by atoms with Crippen LogP contribution >= 0.6 is 0 Å². The Hall–Kier alpha value is -1.89. The van der Waals surface area contributed by atoms with E-state index < -0.39 is 10.0 Å². The molecule has 0 spiro atoms. The molecule has 0 unspecified atom stereocenters. The summed E-state index contributed by atoms with van der Waals surface area (Å²) < 4.78 is 22.5. The van der Waals surface area contributed by atoms with Crippen LogP contribution in [-0.4, -0.2) is 15.5 Å². The highest BCUT2D eigenvalue weighted by Gasteiger charge is 2.09. The van der Waals surface area contributed by atoms with Gasteiger partial charge in [0.1, 0.15) is 0 Å². The molecule has 0 heterocycles. The zero-order chi connectivity index (χ0) is 15.5. The van der Waals surface area contributed by atoms with Crippen LogP contribution in [0.3, 0.4) is 0 Å². The SMILES string of the molecule is CN(Cc1ccccc1CN)c1ccc(S(N)(=O)=O)cc1. The number of hydrogen-bond donors (Lipinski definition) is 2. The molecular formula is C15H19N3O2S. The zero-order valence-corrected chi connectivity index (χ0v) is 12.7. The third-order valence-electron chi connectivity index (χ3n) is 3.35. The Morgan fingerprint density at radius 3 is 2.10 bits per heavy atom. The second-order valence-corrected chi connectivity index (χ2v) is 6.43. The Bertz CT molecular complexity index is 712. The Morgan fingerprint density at radius 2 is 1.57 bits per heavy atom. The molecule has 0 aromatic heterocycles. The summed E-state index contributed by atoms with van der Waals surface area (Å²) >= 11 is 0. The van der Waals surface area contributed by atoms with Crippen LogP contribution in [-0.2, 0) is 23.1 Å². The summed E-state index contributed by atoms with van der Waals surface area (Å²) in [5, 5.41) is 5.09. The summed E-state index contributed by atoms with van der Waals surface area (Å²) in [6.45, 7) is 1.19. The van der Waals surface area contributed by atoms with Crippen LogP contribution in [0.25, 0.3) is 0 Å². The van der Waals surface area contributed by atoms with Crippen LogP contribution in [0.5, 0.6) is 0 Å². The van der Waals surface area contributed by atoms with Crippen LogP contribution in [0.4, 0.5) is 5.69 Å². The van der Waals surface area contributed by atoms with E-state index in [1.54, 1.807) is 12.1 Å². The second-order valence-electron chi connectivity index (χ2n) is 4.87. The van der Waals surface area contributed by atoms with Gasteiger partial charge in [-0.15, -0.1) is 0 Å². The number of rotatable bonds is 5. The molecule has 0 fully saturated rings. The fourth-order valence-corrected chi connectivity index (χ4v) is 2.66. The van der Waals surface area contributed by atoms with E-state index in [0.29, 0.717) is 13.1 Å². The van der Waals surface area contributed by atoms with Gasteiger partial charge in [0, 0.05) is 25.8 Å². The predicted molar refractivity (Wildman–Crippen MR) is 84.3 cm³/mol. The van der Waals surface area contributed by atoms with Crippen LogP contribution in [0, 0.1) is 0 Å². The molecule has 0 saturated heterocycles. The minimum atomic E-state index is -3.65. The first-order valence-corrected chi connectivity index (χ1v) is 8.07. The molecule has 112 valence electrons. The normalized spacial score (nSPS) is 11.4. The van der Waals surface area contributed by atoms with E-state index in [1.165, 1.54) is 12.1 Å². The monoisotopic (exact) mass is 305 g/mol. The van der Waals surface area contributed by atoms with Gasteiger partial charge < -0.3 is 10.6 Å². The van der Waals surface area contributed by atoms with Crippen LogP contribution in [0.1, 0.15) is 11.1 Å². The summed E-state index contributed by atoms with van der Waals surface area (Å²) in [6, 6.07) is 14.5. The maximum absolute atomic E-state index is 11.2. The van der Waals surface area contributed by atoms with Crippen molar-refractivity contribution >= 4 is 15.7 Å². The van der Waals surface area contributed by atoms with E-state index >= 15 is 0 Å². The van der Waals surface area contributed by atoms with E-state index in [4.69, 9.17) is 10.9 Å². The summed E-state index contributed by atoms with van der Waals surface area (Å²) in [5.74, 6) is 0. The summed E-state index contributed by atoms with van der Waals surface area (Å²) in [5.41, 5.74) is 8.90. The lowest BCUT2D eigenvalue weighted by molar-refractivity contribution is 0.598. The lowest BCUT2D eigenvalue weighted by Gasteiger charge is -2.21. The van der Waals surface area contributed by atoms with E-state index in [9.17, 15) is 8.42 Å². The highest BCUT2D eigenvalue weighted by atomic mass is 32.2. The molecule has 0 aliphatic rings. The molecule has 2 aromatic carbocycles. The number of benzene rings is 2. The van der Waals surface area contributed by atoms with E-state index in [2.05, 4.69) is 0 Å². The van der Waals surface area contributed by atoms with Gasteiger partial charge >= 0.3 is 0 Å². The number of anilines is 1. The fourth-order valence-electron chi connectivity index (χ4n) is 2.15. The fraction of sp³-hybridized carbons (Fsp3) is 0.200. The maximum Gasteiger partial charge on any atom is 0.238 e. The van der Waals surface area contributed by atoms with E-state index in [1.807, 2.05) is 36.2 Å². The first-order valence-electron chi connectivity index (χ1n) is 6.52. The topological polar surface area (TPSA) is 89.4 Å². The van der Waals surface area contributed by atoms with Crippen molar-refractivity contribution in [2.75, 3.05) is 11.9 Å². The van der Waals surface area contributed by atoms with Gasteiger partial charge in [-0.1, -0.05) is 24.3 Å². The lowest BCUT2D eigenvalue weighted by atomic mass is 10.1. The number of nitrogens with two attached hydrogens (primary N) is 2. The summed E-state index contributed by atoms with van der Waals surface area (Å²) in [7, 11) is -1.71. The molecule has 0 aliphatic carbocycles. The maximum atomic E-state index is 11.2. The van der Waals surface area contributed by atoms with Crippen molar-refractivity contribution in [2.24, 2.45) is 10.9 Å². The van der Waals surface area contributed by atoms with Crippen molar-refractivity contribution in [2.45, 2.75) is 18.0 Å². The second kappa shape index (κ2) is 6.26. The minimum Gasteiger partial charge on any atom is -0.370 e. The highest BCUT2D eigenvalue weighted by molar-refractivity contribution is 7.89. The van der Waals surface area contributed by atoms with E-state index in [0.717, 1.165) is 16.8 Å². The van der Waals surface area contributed by atoms with Gasteiger partial charge in [0.2, 0.25) is 10.0 Å². The summed E-state index contributed by atoms with van der Waals surface area (Å²) in [4.78, 5) is 2.14. The molecule has 0 saturated carbocycles. The van der Waals surface area contributed by atoms with Gasteiger partial charge in [-0.2, -0.15) is 0 Å². The van der Waals surface area contributed by atoms with Gasteiger partial charge in [-0.05, 0) is 35.4 Å². The molecule has 4 N–H and O–H groups in total. The van der Waals surface area contributed by atoms with E-state index in [-0.39, 0.29) is 4.90 Å². The average molecular weight is 305 g/mol. The number of primary sulfonamides is 1. The third kappa shape index (κ3) is 3.81. The van der Waals surface area contributed by atoms with Crippen molar-refractivity contribution in [3.05, 3.63) is 59.7 Å². The van der Waals surface area contributed by atoms with Crippen LogP contribution in [0.2, 0.25) is 0 Å². The quantitative estimate of drug-likeness (QED) is 0.874. The first-order chi connectivity index (χ1) is 9.91. The van der Waals surface area contributed by atoms with Crippen molar-refractivity contribution in [3.8, 4) is 0 Å². The van der Waals surface area contributed by atoms with Gasteiger partial charge in [0.15, 0.2) is 0 Å². The van der Waals surface area contributed by atoms with Crippen molar-refractivity contribution in [1.29, 1.82) is 0 Å². The third-order valence-corrected chi connectivity index (χ3v) is 4.28. The van der Waals surface area contributed by atoms with Crippen LogP contribution in [0.15, 0.2) is 53.4 Å². The average Bonchev–Trinajstić information content (AvgIpc) is 2.47. The molecule has 21 heavy (non-hydrogen) atoms. The Balaban J connectivity index is 2.19. The van der Waals surface area contributed by atoms with Gasteiger partial charge in [0.05, 0.1) is 4.90 Å². The lowest BCUT2D eigenvalue weighted by Crippen LogP contribution is -2.18. The molecular weight excluding hydrogens is 286 g/mol. The molecule has 2 rings (SSSR count). The highest BCUT2D eigenvalue weighted by Crippen LogP contribution is 2.19. The number of nitrogens with zero attached hydrogens (tertiary/aromatic N) is 1. The Labute approximate surface area is 125 Å². The van der Waals surface area contributed by atoms with Crippen molar-refractivity contribution in [3.63, 3.8) is 0 Å². The first kappa shape index (κ1) is 15.5.